The second-order valence-electron chi connectivity index (χ2n) is 4.23. The van der Waals surface area contributed by atoms with Gasteiger partial charge >= 0.3 is 0 Å². The van der Waals surface area contributed by atoms with Gasteiger partial charge in [0.05, 0.1) is 0 Å². The SMILES string of the molecule is CC(CNc1ccnc(C#N)c1)c1ccccc1. The Bertz CT molecular complexity index is 543. The van der Waals surface area contributed by atoms with E-state index in [-0.39, 0.29) is 0 Å². The average Bonchev–Trinajstić information content (AvgIpc) is 2.46. The summed E-state index contributed by atoms with van der Waals surface area (Å²) in [5.41, 5.74) is 2.68. The second kappa shape index (κ2) is 5.83. The van der Waals surface area contributed by atoms with Crippen LogP contribution in [0.4, 0.5) is 5.69 Å². The molecule has 0 saturated carbocycles. The molecule has 0 aliphatic carbocycles. The Balaban J connectivity index is 1.97. The van der Waals surface area contributed by atoms with Crippen molar-refractivity contribution in [3.05, 3.63) is 59.9 Å². The third-order valence-corrected chi connectivity index (χ3v) is 2.86. The van der Waals surface area contributed by atoms with E-state index in [4.69, 9.17) is 5.26 Å². The van der Waals surface area contributed by atoms with Crippen molar-refractivity contribution < 1.29 is 0 Å². The van der Waals surface area contributed by atoms with Crippen LogP contribution in [0.25, 0.3) is 0 Å². The van der Waals surface area contributed by atoms with E-state index in [1.54, 1.807) is 12.3 Å². The summed E-state index contributed by atoms with van der Waals surface area (Å²) in [6.45, 7) is 3.01. The quantitative estimate of drug-likeness (QED) is 0.888. The van der Waals surface area contributed by atoms with Crippen LogP contribution < -0.4 is 5.32 Å². The third-order valence-electron chi connectivity index (χ3n) is 2.86. The molecule has 1 aromatic carbocycles. The van der Waals surface area contributed by atoms with Gasteiger partial charge < -0.3 is 5.32 Å². The minimum Gasteiger partial charge on any atom is -0.384 e. The normalized spacial score (nSPS) is 11.6. The lowest BCUT2D eigenvalue weighted by Gasteiger charge is -2.13. The first-order valence-electron chi connectivity index (χ1n) is 5.94. The Morgan fingerprint density at radius 1 is 1.28 bits per heavy atom. The van der Waals surface area contributed by atoms with Crippen molar-refractivity contribution in [2.45, 2.75) is 12.8 Å². The van der Waals surface area contributed by atoms with Crippen molar-refractivity contribution >= 4 is 5.69 Å². The monoisotopic (exact) mass is 237 g/mol. The van der Waals surface area contributed by atoms with Gasteiger partial charge in [0.15, 0.2) is 0 Å². The van der Waals surface area contributed by atoms with Gasteiger partial charge in [-0.3, -0.25) is 0 Å². The first-order valence-corrected chi connectivity index (χ1v) is 5.94. The predicted molar refractivity (Wildman–Crippen MR) is 72.3 cm³/mol. The molecule has 0 bridgehead atoms. The van der Waals surface area contributed by atoms with Crippen LogP contribution in [0.3, 0.4) is 0 Å². The van der Waals surface area contributed by atoms with Crippen LogP contribution in [0, 0.1) is 11.3 Å². The number of benzene rings is 1. The molecule has 3 nitrogen and oxygen atoms in total. The Morgan fingerprint density at radius 2 is 2.06 bits per heavy atom. The fourth-order valence-corrected chi connectivity index (χ4v) is 1.77. The highest BCUT2D eigenvalue weighted by molar-refractivity contribution is 5.46. The molecule has 1 heterocycles. The van der Waals surface area contributed by atoms with Gasteiger partial charge in [0, 0.05) is 18.4 Å². The summed E-state index contributed by atoms with van der Waals surface area (Å²) in [5.74, 6) is 0.421. The fourth-order valence-electron chi connectivity index (χ4n) is 1.77. The fraction of sp³-hybridized carbons (Fsp3) is 0.200. The second-order valence-corrected chi connectivity index (χ2v) is 4.23. The highest BCUT2D eigenvalue weighted by Gasteiger charge is 2.04. The Morgan fingerprint density at radius 3 is 2.78 bits per heavy atom. The lowest BCUT2D eigenvalue weighted by Crippen LogP contribution is -2.09. The first kappa shape index (κ1) is 12.1. The molecule has 3 heteroatoms. The van der Waals surface area contributed by atoms with Crippen LogP contribution in [0.15, 0.2) is 48.7 Å². The lowest BCUT2D eigenvalue weighted by atomic mass is 10.0. The largest absolute Gasteiger partial charge is 0.384 e. The summed E-state index contributed by atoms with van der Waals surface area (Å²) in [4.78, 5) is 3.94. The highest BCUT2D eigenvalue weighted by atomic mass is 14.9. The number of pyridine rings is 1. The van der Waals surface area contributed by atoms with Gasteiger partial charge in [0.25, 0.3) is 0 Å². The minimum absolute atomic E-state index is 0.421. The summed E-state index contributed by atoms with van der Waals surface area (Å²) in [5, 5.41) is 12.1. The molecule has 0 fully saturated rings. The number of nitrogens with one attached hydrogen (secondary N) is 1. The molecule has 0 amide bonds. The van der Waals surface area contributed by atoms with Gasteiger partial charge in [-0.05, 0) is 23.6 Å². The van der Waals surface area contributed by atoms with E-state index in [2.05, 4.69) is 29.4 Å². The molecule has 0 saturated heterocycles. The number of nitriles is 1. The van der Waals surface area contributed by atoms with Gasteiger partial charge in [-0.25, -0.2) is 4.98 Å². The zero-order valence-corrected chi connectivity index (χ0v) is 10.3. The molecule has 0 aliphatic heterocycles. The summed E-state index contributed by atoms with van der Waals surface area (Å²) < 4.78 is 0. The molecule has 2 rings (SSSR count). The molecule has 90 valence electrons. The molecule has 0 radical (unpaired) electrons. The first-order chi connectivity index (χ1) is 8.79. The van der Waals surface area contributed by atoms with Crippen molar-refractivity contribution in [3.63, 3.8) is 0 Å². The van der Waals surface area contributed by atoms with Crippen LogP contribution >= 0.6 is 0 Å². The number of nitrogens with zero attached hydrogens (tertiary/aromatic N) is 2. The van der Waals surface area contributed by atoms with Gasteiger partial charge in [0.1, 0.15) is 11.8 Å². The molecular formula is C15H15N3. The van der Waals surface area contributed by atoms with E-state index in [1.807, 2.05) is 30.3 Å². The molecule has 2 aromatic rings. The molecule has 1 unspecified atom stereocenters. The third kappa shape index (κ3) is 3.08. The molecular weight excluding hydrogens is 222 g/mol. The van der Waals surface area contributed by atoms with Crippen molar-refractivity contribution in [1.29, 1.82) is 5.26 Å². The minimum atomic E-state index is 0.421. The van der Waals surface area contributed by atoms with Crippen LogP contribution in [-0.4, -0.2) is 11.5 Å². The van der Waals surface area contributed by atoms with Crippen LogP contribution in [0.2, 0.25) is 0 Å². The number of anilines is 1. The van der Waals surface area contributed by atoms with E-state index in [0.29, 0.717) is 11.6 Å². The molecule has 1 aromatic heterocycles. The summed E-state index contributed by atoms with van der Waals surface area (Å²) in [6, 6.07) is 16.0. The van der Waals surface area contributed by atoms with Crippen molar-refractivity contribution in [1.82, 2.24) is 4.98 Å². The van der Waals surface area contributed by atoms with Gasteiger partial charge in [0.2, 0.25) is 0 Å². The van der Waals surface area contributed by atoms with E-state index in [1.165, 1.54) is 5.56 Å². The molecule has 1 atom stereocenters. The topological polar surface area (TPSA) is 48.7 Å². The smallest absolute Gasteiger partial charge is 0.142 e. The number of aromatic nitrogens is 1. The van der Waals surface area contributed by atoms with Gasteiger partial charge in [-0.15, -0.1) is 0 Å². The van der Waals surface area contributed by atoms with E-state index < -0.39 is 0 Å². The maximum absolute atomic E-state index is 8.78. The number of hydrogen-bond acceptors (Lipinski definition) is 3. The van der Waals surface area contributed by atoms with Gasteiger partial charge in [-0.1, -0.05) is 37.3 Å². The maximum atomic E-state index is 8.78. The molecule has 0 spiro atoms. The van der Waals surface area contributed by atoms with Crippen LogP contribution in [0.5, 0.6) is 0 Å². The zero-order valence-electron chi connectivity index (χ0n) is 10.3. The van der Waals surface area contributed by atoms with Crippen molar-refractivity contribution in [3.8, 4) is 6.07 Å². The van der Waals surface area contributed by atoms with Crippen molar-refractivity contribution in [2.75, 3.05) is 11.9 Å². The maximum Gasteiger partial charge on any atom is 0.142 e. The highest BCUT2D eigenvalue weighted by Crippen LogP contribution is 2.16. The lowest BCUT2D eigenvalue weighted by molar-refractivity contribution is 0.804. The number of hydrogen-bond donors (Lipinski definition) is 1. The summed E-state index contributed by atoms with van der Waals surface area (Å²) >= 11 is 0. The molecule has 0 aliphatic rings. The summed E-state index contributed by atoms with van der Waals surface area (Å²) in [6.07, 6.45) is 1.65. The molecule has 1 N–H and O–H groups in total. The van der Waals surface area contributed by atoms with Crippen LogP contribution in [0.1, 0.15) is 24.1 Å². The number of rotatable bonds is 4. The Labute approximate surface area is 107 Å². The predicted octanol–water partition coefficient (Wildman–Crippen LogP) is 3.17. The Kier molecular flexibility index (Phi) is 3.93. The van der Waals surface area contributed by atoms with Crippen LogP contribution in [-0.2, 0) is 0 Å². The average molecular weight is 237 g/mol. The zero-order chi connectivity index (χ0) is 12.8. The van der Waals surface area contributed by atoms with Crippen molar-refractivity contribution in [2.24, 2.45) is 0 Å². The van der Waals surface area contributed by atoms with E-state index in [9.17, 15) is 0 Å². The van der Waals surface area contributed by atoms with E-state index in [0.717, 1.165) is 12.2 Å². The summed E-state index contributed by atoms with van der Waals surface area (Å²) in [7, 11) is 0. The van der Waals surface area contributed by atoms with E-state index >= 15 is 0 Å². The van der Waals surface area contributed by atoms with Gasteiger partial charge in [-0.2, -0.15) is 5.26 Å². The molecule has 18 heavy (non-hydrogen) atoms. The Hall–Kier alpha value is -2.34. The standard InChI is InChI=1S/C15H15N3/c1-12(13-5-3-2-4-6-13)11-18-14-7-8-17-15(9-14)10-16/h2-9,12H,11H2,1H3,(H,17,18).